The van der Waals surface area contributed by atoms with Gasteiger partial charge in [0.15, 0.2) is 11.6 Å². The van der Waals surface area contributed by atoms with Crippen molar-refractivity contribution in [2.45, 2.75) is 33.7 Å². The first-order valence-corrected chi connectivity index (χ1v) is 4.96. The smallest absolute Gasteiger partial charge is 0.188 e. The number of nitrogens with zero attached hydrogens (tertiary/aromatic N) is 2. The topological polar surface area (TPSA) is 64.1 Å². The van der Waals surface area contributed by atoms with Crippen LogP contribution >= 0.6 is 0 Å². The minimum Gasteiger partial charge on any atom is -0.394 e. The van der Waals surface area contributed by atoms with Gasteiger partial charge >= 0.3 is 0 Å². The molecule has 0 amide bonds. The van der Waals surface area contributed by atoms with Crippen molar-refractivity contribution in [3.05, 3.63) is 11.5 Å². The van der Waals surface area contributed by atoms with Crippen LogP contribution < -0.4 is 5.73 Å². The minimum atomic E-state index is -0.460. The lowest BCUT2D eigenvalue weighted by atomic mass is 9.90. The Balaban J connectivity index is 2.95. The predicted octanol–water partition coefficient (Wildman–Crippen LogP) is 1.19. The van der Waals surface area contributed by atoms with Crippen molar-refractivity contribution in [2.24, 2.45) is 5.41 Å². The van der Waals surface area contributed by atoms with Crippen molar-refractivity contribution in [1.82, 2.24) is 9.78 Å². The van der Waals surface area contributed by atoms with E-state index in [2.05, 4.69) is 5.10 Å². The molecule has 0 saturated carbocycles. The molecule has 86 valence electrons. The number of anilines is 1. The number of nitrogens with two attached hydrogens (primary N) is 1. The highest BCUT2D eigenvalue weighted by Gasteiger charge is 2.20. The SMILES string of the molecule is CC(C)(C)Cc1nn(CCO)c(N)c1F. The van der Waals surface area contributed by atoms with Crippen molar-refractivity contribution in [1.29, 1.82) is 0 Å². The Bertz CT molecular complexity index is 341. The summed E-state index contributed by atoms with van der Waals surface area (Å²) in [5, 5.41) is 12.8. The molecular formula is C10H18FN3O. The second kappa shape index (κ2) is 4.18. The van der Waals surface area contributed by atoms with Crippen LogP contribution in [0.5, 0.6) is 0 Å². The third kappa shape index (κ3) is 2.92. The first-order chi connectivity index (χ1) is 6.85. The van der Waals surface area contributed by atoms with Gasteiger partial charge in [-0.15, -0.1) is 0 Å². The Hall–Kier alpha value is -1.10. The highest BCUT2D eigenvalue weighted by Crippen LogP contribution is 2.24. The van der Waals surface area contributed by atoms with Gasteiger partial charge in [-0.3, -0.25) is 0 Å². The molecule has 0 aliphatic rings. The molecular weight excluding hydrogens is 197 g/mol. The molecule has 0 bridgehead atoms. The molecule has 15 heavy (non-hydrogen) atoms. The van der Waals surface area contributed by atoms with Gasteiger partial charge in [-0.05, 0) is 11.8 Å². The molecule has 1 heterocycles. The second-order valence-electron chi connectivity index (χ2n) is 4.83. The van der Waals surface area contributed by atoms with Crippen molar-refractivity contribution in [3.8, 4) is 0 Å². The Morgan fingerprint density at radius 1 is 1.47 bits per heavy atom. The van der Waals surface area contributed by atoms with Gasteiger partial charge in [0.25, 0.3) is 0 Å². The summed E-state index contributed by atoms with van der Waals surface area (Å²) in [6.07, 6.45) is 0.529. The maximum Gasteiger partial charge on any atom is 0.188 e. The normalized spacial score (nSPS) is 12.1. The summed E-state index contributed by atoms with van der Waals surface area (Å²) in [5.41, 5.74) is 5.86. The van der Waals surface area contributed by atoms with Crippen LogP contribution in [0.4, 0.5) is 10.2 Å². The van der Waals surface area contributed by atoms with E-state index in [0.29, 0.717) is 12.1 Å². The molecule has 0 spiro atoms. The average Bonchev–Trinajstić information content (AvgIpc) is 2.32. The molecule has 1 rings (SSSR count). The zero-order chi connectivity index (χ0) is 11.6. The van der Waals surface area contributed by atoms with E-state index in [1.54, 1.807) is 0 Å². The van der Waals surface area contributed by atoms with Gasteiger partial charge in [0.1, 0.15) is 5.69 Å². The van der Waals surface area contributed by atoms with E-state index < -0.39 is 5.82 Å². The van der Waals surface area contributed by atoms with Crippen LogP contribution in [0.1, 0.15) is 26.5 Å². The molecule has 0 aliphatic heterocycles. The molecule has 1 aromatic rings. The largest absolute Gasteiger partial charge is 0.394 e. The van der Waals surface area contributed by atoms with Crippen LogP contribution in [0, 0.1) is 11.2 Å². The van der Waals surface area contributed by atoms with Crippen LogP contribution in [0.2, 0.25) is 0 Å². The number of halogens is 1. The number of aliphatic hydroxyl groups excluding tert-OH is 1. The average molecular weight is 215 g/mol. The summed E-state index contributed by atoms with van der Waals surface area (Å²) >= 11 is 0. The van der Waals surface area contributed by atoms with Gasteiger partial charge in [-0.25, -0.2) is 9.07 Å². The van der Waals surface area contributed by atoms with Crippen molar-refractivity contribution in [3.63, 3.8) is 0 Å². The van der Waals surface area contributed by atoms with Gasteiger partial charge in [0, 0.05) is 0 Å². The molecule has 3 N–H and O–H groups in total. The molecule has 0 saturated heterocycles. The summed E-state index contributed by atoms with van der Waals surface area (Å²) in [5.74, 6) is -0.457. The maximum atomic E-state index is 13.6. The van der Waals surface area contributed by atoms with E-state index in [9.17, 15) is 4.39 Å². The van der Waals surface area contributed by atoms with Crippen molar-refractivity contribution in [2.75, 3.05) is 12.3 Å². The zero-order valence-electron chi connectivity index (χ0n) is 9.42. The number of aromatic nitrogens is 2. The van der Waals surface area contributed by atoms with Gasteiger partial charge < -0.3 is 10.8 Å². The van der Waals surface area contributed by atoms with E-state index in [0.717, 1.165) is 0 Å². The van der Waals surface area contributed by atoms with Crippen LogP contribution in [0.3, 0.4) is 0 Å². The summed E-state index contributed by atoms with van der Waals surface area (Å²) in [7, 11) is 0. The summed E-state index contributed by atoms with van der Waals surface area (Å²) < 4.78 is 14.9. The lowest BCUT2D eigenvalue weighted by molar-refractivity contribution is 0.269. The second-order valence-corrected chi connectivity index (χ2v) is 4.83. The Morgan fingerprint density at radius 2 is 2.07 bits per heavy atom. The molecule has 0 aliphatic carbocycles. The summed E-state index contributed by atoms with van der Waals surface area (Å²) in [6.45, 7) is 6.16. The molecule has 0 unspecified atom stereocenters. The molecule has 0 fully saturated rings. The fourth-order valence-electron chi connectivity index (χ4n) is 1.39. The van der Waals surface area contributed by atoms with E-state index in [-0.39, 0.29) is 24.4 Å². The molecule has 0 radical (unpaired) electrons. The third-order valence-electron chi connectivity index (χ3n) is 2.01. The number of rotatable bonds is 3. The third-order valence-corrected chi connectivity index (χ3v) is 2.01. The Labute approximate surface area is 88.9 Å². The molecule has 4 nitrogen and oxygen atoms in total. The van der Waals surface area contributed by atoms with E-state index in [1.807, 2.05) is 20.8 Å². The van der Waals surface area contributed by atoms with Crippen molar-refractivity contribution >= 4 is 5.82 Å². The van der Waals surface area contributed by atoms with Crippen LogP contribution in [-0.2, 0) is 13.0 Å². The first kappa shape index (κ1) is 12.0. The number of hydrogen-bond acceptors (Lipinski definition) is 3. The molecule has 1 aromatic heterocycles. The van der Waals surface area contributed by atoms with E-state index in [1.165, 1.54) is 4.68 Å². The van der Waals surface area contributed by atoms with E-state index >= 15 is 0 Å². The van der Waals surface area contributed by atoms with Gasteiger partial charge in [0.2, 0.25) is 0 Å². The molecule has 0 aromatic carbocycles. The monoisotopic (exact) mass is 215 g/mol. The van der Waals surface area contributed by atoms with Crippen LogP contribution in [0.25, 0.3) is 0 Å². The quantitative estimate of drug-likeness (QED) is 0.796. The lowest BCUT2D eigenvalue weighted by Gasteiger charge is -2.15. The van der Waals surface area contributed by atoms with E-state index in [4.69, 9.17) is 10.8 Å². The maximum absolute atomic E-state index is 13.6. The molecule has 0 atom stereocenters. The van der Waals surface area contributed by atoms with Crippen molar-refractivity contribution < 1.29 is 9.50 Å². The minimum absolute atomic E-state index is 0.00306. The molecule has 5 heteroatoms. The van der Waals surface area contributed by atoms with Crippen LogP contribution in [-0.4, -0.2) is 21.5 Å². The fraction of sp³-hybridized carbons (Fsp3) is 0.700. The Morgan fingerprint density at radius 3 is 2.53 bits per heavy atom. The Kier molecular flexibility index (Phi) is 3.34. The highest BCUT2D eigenvalue weighted by atomic mass is 19.1. The van der Waals surface area contributed by atoms with Gasteiger partial charge in [-0.1, -0.05) is 20.8 Å². The number of aliphatic hydroxyl groups is 1. The van der Waals surface area contributed by atoms with Crippen LogP contribution in [0.15, 0.2) is 0 Å². The zero-order valence-corrected chi connectivity index (χ0v) is 9.42. The number of hydrogen-bond donors (Lipinski definition) is 2. The fourth-order valence-corrected chi connectivity index (χ4v) is 1.39. The number of nitrogen functional groups attached to an aromatic ring is 1. The highest BCUT2D eigenvalue weighted by molar-refractivity contribution is 5.34. The lowest BCUT2D eigenvalue weighted by Crippen LogP contribution is -2.11. The predicted molar refractivity (Wildman–Crippen MR) is 56.8 cm³/mol. The van der Waals surface area contributed by atoms with Gasteiger partial charge in [0.05, 0.1) is 13.2 Å². The first-order valence-electron chi connectivity index (χ1n) is 4.96. The summed E-state index contributed by atoms with van der Waals surface area (Å²) in [4.78, 5) is 0. The van der Waals surface area contributed by atoms with Gasteiger partial charge in [-0.2, -0.15) is 5.10 Å². The standard InChI is InChI=1S/C10H18FN3O/c1-10(2,3)6-7-8(11)9(12)14(13-7)4-5-15/h15H,4-6,12H2,1-3H3. The summed E-state index contributed by atoms with van der Waals surface area (Å²) in [6, 6.07) is 0.